The molecule has 2 unspecified atom stereocenters. The Morgan fingerprint density at radius 3 is 2.42 bits per heavy atom. The molecule has 12 heteroatoms. The van der Waals surface area contributed by atoms with Gasteiger partial charge in [0.2, 0.25) is 5.91 Å². The second-order valence-corrected chi connectivity index (χ2v) is 12.8. The van der Waals surface area contributed by atoms with Gasteiger partial charge in [0.15, 0.2) is 15.6 Å². The van der Waals surface area contributed by atoms with Gasteiger partial charge in [-0.1, -0.05) is 36.4 Å². The average Bonchev–Trinajstić information content (AvgIpc) is 3.58. The molecule has 0 bridgehead atoms. The number of benzene rings is 3. The Bertz CT molecular complexity index is 1690. The standard InChI is InChI=1S/C31H32N4O7S/c1-43(41,42)27-8-3-2-7-23(27)30(39)35-18-26(37)28-25(35)13-14-34(28)31(40)24(16-19-9-11-22(36)12-10-19)33-29(38)21-6-4-5-20(15-21)17-32/h2-12,15,24-25,28,36H,13-14,16-18,32H2,1H3,(H,33,38)/t24-,25?,28?/m0/s1. The van der Waals surface area contributed by atoms with Crippen molar-refractivity contribution in [2.45, 2.75) is 42.4 Å². The largest absolute Gasteiger partial charge is 0.508 e. The fourth-order valence-electron chi connectivity index (χ4n) is 5.81. The van der Waals surface area contributed by atoms with E-state index < -0.39 is 45.7 Å². The summed E-state index contributed by atoms with van der Waals surface area (Å²) in [5.41, 5.74) is 7.44. The predicted octanol–water partition coefficient (Wildman–Crippen LogP) is 1.29. The lowest BCUT2D eigenvalue weighted by molar-refractivity contribution is -0.138. The number of nitrogens with zero attached hydrogens (tertiary/aromatic N) is 2. The van der Waals surface area contributed by atoms with Crippen molar-refractivity contribution in [1.29, 1.82) is 0 Å². The summed E-state index contributed by atoms with van der Waals surface area (Å²) in [4.78, 5) is 56.8. The Balaban J connectivity index is 1.41. The summed E-state index contributed by atoms with van der Waals surface area (Å²) >= 11 is 0. The Kier molecular flexibility index (Phi) is 8.34. The molecule has 2 saturated heterocycles. The van der Waals surface area contributed by atoms with Crippen LogP contribution in [0.2, 0.25) is 0 Å². The third kappa shape index (κ3) is 6.15. The van der Waals surface area contributed by atoms with Gasteiger partial charge in [0.05, 0.1) is 23.0 Å². The lowest BCUT2D eigenvalue weighted by Gasteiger charge is -2.28. The number of hydrogen-bond donors (Lipinski definition) is 3. The van der Waals surface area contributed by atoms with E-state index in [1.807, 2.05) is 0 Å². The Hall–Kier alpha value is -4.55. The molecule has 2 aliphatic heterocycles. The molecule has 2 aliphatic rings. The van der Waals surface area contributed by atoms with Gasteiger partial charge in [0.1, 0.15) is 17.8 Å². The number of rotatable bonds is 8. The third-order valence-corrected chi connectivity index (χ3v) is 9.04. The van der Waals surface area contributed by atoms with Crippen molar-refractivity contribution in [3.05, 3.63) is 95.1 Å². The van der Waals surface area contributed by atoms with Crippen LogP contribution in [-0.4, -0.2) is 84.3 Å². The van der Waals surface area contributed by atoms with E-state index in [4.69, 9.17) is 5.73 Å². The summed E-state index contributed by atoms with van der Waals surface area (Å²) < 4.78 is 24.7. The van der Waals surface area contributed by atoms with Gasteiger partial charge in [-0.15, -0.1) is 0 Å². The minimum atomic E-state index is -3.71. The highest BCUT2D eigenvalue weighted by Gasteiger charge is 2.52. The van der Waals surface area contributed by atoms with Crippen LogP contribution in [0, 0.1) is 0 Å². The van der Waals surface area contributed by atoms with E-state index in [1.165, 1.54) is 40.1 Å². The second-order valence-electron chi connectivity index (χ2n) is 10.8. The number of likely N-dealkylation sites (tertiary alicyclic amines) is 2. The molecule has 0 aliphatic carbocycles. The minimum Gasteiger partial charge on any atom is -0.508 e. The van der Waals surface area contributed by atoms with Crippen molar-refractivity contribution in [1.82, 2.24) is 15.1 Å². The smallest absolute Gasteiger partial charge is 0.255 e. The summed E-state index contributed by atoms with van der Waals surface area (Å²) in [6.45, 7) is 0.138. The number of nitrogens with one attached hydrogen (secondary N) is 1. The van der Waals surface area contributed by atoms with Crippen LogP contribution < -0.4 is 11.1 Å². The molecular weight excluding hydrogens is 572 g/mol. The van der Waals surface area contributed by atoms with Crippen LogP contribution in [0.25, 0.3) is 0 Å². The quantitative estimate of drug-likeness (QED) is 0.346. The number of ketones is 1. The number of amides is 3. The lowest BCUT2D eigenvalue weighted by atomic mass is 10.0. The van der Waals surface area contributed by atoms with E-state index in [0.29, 0.717) is 17.5 Å². The van der Waals surface area contributed by atoms with Crippen molar-refractivity contribution in [2.75, 3.05) is 19.3 Å². The molecule has 224 valence electrons. The second kappa shape index (κ2) is 12.0. The number of carbonyl (C=O) groups excluding carboxylic acids is 4. The number of aromatic hydroxyl groups is 1. The summed E-state index contributed by atoms with van der Waals surface area (Å²) in [6, 6.07) is 16.2. The molecule has 3 amide bonds. The van der Waals surface area contributed by atoms with Crippen LogP contribution in [-0.2, 0) is 32.4 Å². The summed E-state index contributed by atoms with van der Waals surface area (Å²) in [5, 5.41) is 12.5. The van der Waals surface area contributed by atoms with Crippen LogP contribution in [0.3, 0.4) is 0 Å². The molecule has 2 heterocycles. The molecule has 0 spiro atoms. The maximum Gasteiger partial charge on any atom is 0.255 e. The van der Waals surface area contributed by atoms with Gasteiger partial charge in [0.25, 0.3) is 11.8 Å². The third-order valence-electron chi connectivity index (χ3n) is 7.89. The summed E-state index contributed by atoms with van der Waals surface area (Å²) in [7, 11) is -3.71. The van der Waals surface area contributed by atoms with Gasteiger partial charge in [-0.25, -0.2) is 8.42 Å². The monoisotopic (exact) mass is 604 g/mol. The van der Waals surface area contributed by atoms with Crippen molar-refractivity contribution in [2.24, 2.45) is 5.73 Å². The van der Waals surface area contributed by atoms with Gasteiger partial charge < -0.3 is 26.0 Å². The number of Topliss-reactive ketones (excluding diaryl/α,β-unsaturated/α-hetero) is 1. The first-order valence-corrected chi connectivity index (χ1v) is 15.7. The van der Waals surface area contributed by atoms with Gasteiger partial charge in [-0.3, -0.25) is 19.2 Å². The maximum absolute atomic E-state index is 14.0. The molecule has 3 aromatic carbocycles. The molecule has 3 atom stereocenters. The Morgan fingerprint density at radius 2 is 1.72 bits per heavy atom. The van der Waals surface area contributed by atoms with E-state index in [2.05, 4.69) is 5.32 Å². The van der Waals surface area contributed by atoms with E-state index in [9.17, 15) is 32.7 Å². The molecule has 0 aromatic heterocycles. The normalized spacial score (nSPS) is 18.8. The molecular formula is C31H32N4O7S. The van der Waals surface area contributed by atoms with Crippen LogP contribution in [0.5, 0.6) is 5.75 Å². The zero-order chi connectivity index (χ0) is 30.9. The number of nitrogens with two attached hydrogens (primary N) is 1. The molecule has 2 fully saturated rings. The fraction of sp³-hybridized carbons (Fsp3) is 0.290. The van der Waals surface area contributed by atoms with Gasteiger partial charge >= 0.3 is 0 Å². The van der Waals surface area contributed by atoms with Crippen LogP contribution >= 0.6 is 0 Å². The topological polar surface area (TPSA) is 167 Å². The van der Waals surface area contributed by atoms with E-state index >= 15 is 0 Å². The molecule has 4 N–H and O–H groups in total. The van der Waals surface area contributed by atoms with Crippen molar-refractivity contribution < 1.29 is 32.7 Å². The molecule has 3 aromatic rings. The maximum atomic E-state index is 14.0. The molecule has 43 heavy (non-hydrogen) atoms. The fourth-order valence-corrected chi connectivity index (χ4v) is 6.69. The highest BCUT2D eigenvalue weighted by Crippen LogP contribution is 2.32. The van der Waals surface area contributed by atoms with Crippen LogP contribution in [0.15, 0.2) is 77.7 Å². The van der Waals surface area contributed by atoms with Crippen molar-refractivity contribution >= 4 is 33.3 Å². The first-order chi connectivity index (χ1) is 20.5. The zero-order valence-electron chi connectivity index (χ0n) is 23.5. The van der Waals surface area contributed by atoms with E-state index in [-0.39, 0.29) is 48.0 Å². The number of phenols is 1. The number of carbonyl (C=O) groups is 4. The Morgan fingerprint density at radius 1 is 1.00 bits per heavy atom. The Labute approximate surface area is 249 Å². The van der Waals surface area contributed by atoms with E-state index in [1.54, 1.807) is 42.5 Å². The van der Waals surface area contributed by atoms with E-state index in [0.717, 1.165) is 11.8 Å². The highest BCUT2D eigenvalue weighted by atomic mass is 32.2. The molecule has 11 nitrogen and oxygen atoms in total. The van der Waals surface area contributed by atoms with Crippen LogP contribution in [0.4, 0.5) is 0 Å². The molecule has 0 saturated carbocycles. The predicted molar refractivity (Wildman–Crippen MR) is 157 cm³/mol. The van der Waals surface area contributed by atoms with Crippen molar-refractivity contribution in [3.8, 4) is 5.75 Å². The number of phenolic OH excluding ortho intramolecular Hbond substituents is 1. The number of sulfone groups is 1. The summed E-state index contributed by atoms with van der Waals surface area (Å²) in [5.74, 6) is -1.86. The first kappa shape index (κ1) is 29.9. The summed E-state index contributed by atoms with van der Waals surface area (Å²) in [6.07, 6.45) is 1.42. The zero-order valence-corrected chi connectivity index (χ0v) is 24.3. The SMILES string of the molecule is CS(=O)(=O)c1ccccc1C(=O)N1CC(=O)C2C1CCN2C(=O)[C@H](Cc1ccc(O)cc1)NC(=O)c1cccc(CN)c1. The lowest BCUT2D eigenvalue weighted by Crippen LogP contribution is -2.53. The molecule has 0 radical (unpaired) electrons. The van der Waals surface area contributed by atoms with Crippen LogP contribution in [0.1, 0.15) is 38.3 Å². The number of hydrogen-bond acceptors (Lipinski definition) is 8. The number of fused-ring (bicyclic) bond motifs is 1. The average molecular weight is 605 g/mol. The van der Waals surface area contributed by atoms with Gasteiger partial charge in [0, 0.05) is 31.3 Å². The van der Waals surface area contributed by atoms with Gasteiger partial charge in [-0.05, 0) is 53.9 Å². The van der Waals surface area contributed by atoms with Crippen molar-refractivity contribution in [3.63, 3.8) is 0 Å². The van der Waals surface area contributed by atoms with Gasteiger partial charge in [-0.2, -0.15) is 0 Å². The first-order valence-electron chi connectivity index (χ1n) is 13.8. The molecule has 5 rings (SSSR count). The minimum absolute atomic E-state index is 0.0274. The highest BCUT2D eigenvalue weighted by molar-refractivity contribution is 7.90.